The number of dihydropyridines is 1. The second kappa shape index (κ2) is 7.61. The summed E-state index contributed by atoms with van der Waals surface area (Å²) < 4.78 is 9.78. The fourth-order valence-corrected chi connectivity index (χ4v) is 2.48. The molecular formula is C17H18N2O6. The van der Waals surface area contributed by atoms with Crippen LogP contribution < -0.4 is 5.32 Å². The van der Waals surface area contributed by atoms with Crippen LogP contribution in [0.5, 0.6) is 0 Å². The third-order valence-corrected chi connectivity index (χ3v) is 3.73. The van der Waals surface area contributed by atoms with Crippen LogP contribution >= 0.6 is 0 Å². The summed E-state index contributed by atoms with van der Waals surface area (Å²) in [5.74, 6) is -1.15. The lowest BCUT2D eigenvalue weighted by molar-refractivity contribution is -0.384. The maximum atomic E-state index is 12.3. The minimum Gasteiger partial charge on any atom is -0.465 e. The summed E-state index contributed by atoms with van der Waals surface area (Å²) in [6.45, 7) is 3.54. The van der Waals surface area contributed by atoms with E-state index in [0.29, 0.717) is 11.3 Å². The van der Waals surface area contributed by atoms with E-state index in [2.05, 4.69) is 5.32 Å². The van der Waals surface area contributed by atoms with Crippen LogP contribution in [-0.4, -0.2) is 30.6 Å². The first-order chi connectivity index (χ1) is 11.9. The predicted octanol–water partition coefficient (Wildman–Crippen LogP) is 2.18. The molecule has 8 heteroatoms. The summed E-state index contributed by atoms with van der Waals surface area (Å²) in [5.41, 5.74) is 1.56. The summed E-state index contributed by atoms with van der Waals surface area (Å²) in [6, 6.07) is 5.23. The Hall–Kier alpha value is -3.16. The summed E-state index contributed by atoms with van der Waals surface area (Å²) in [7, 11) is 1.25. The number of nitrogens with one attached hydrogen (secondary N) is 1. The van der Waals surface area contributed by atoms with Gasteiger partial charge >= 0.3 is 11.9 Å². The van der Waals surface area contributed by atoms with Gasteiger partial charge in [0.15, 0.2) is 0 Å². The van der Waals surface area contributed by atoms with E-state index in [4.69, 9.17) is 9.47 Å². The van der Waals surface area contributed by atoms with E-state index in [1.165, 1.54) is 25.3 Å². The fraction of sp³-hybridized carbons (Fsp3) is 0.294. The van der Waals surface area contributed by atoms with E-state index >= 15 is 0 Å². The number of hydrogen-bond acceptors (Lipinski definition) is 7. The van der Waals surface area contributed by atoms with Gasteiger partial charge in [0.05, 0.1) is 35.8 Å². The number of nitrogens with zero attached hydrogens (tertiary/aromatic N) is 1. The highest BCUT2D eigenvalue weighted by molar-refractivity contribution is 5.98. The number of methoxy groups -OCH3 is 1. The Morgan fingerprint density at radius 2 is 1.88 bits per heavy atom. The number of esters is 2. The molecule has 0 fully saturated rings. The lowest BCUT2D eigenvalue weighted by Gasteiger charge is -2.27. The van der Waals surface area contributed by atoms with Crippen molar-refractivity contribution in [3.63, 3.8) is 0 Å². The quantitative estimate of drug-likeness (QED) is 0.494. The normalized spacial score (nSPS) is 16.6. The van der Waals surface area contributed by atoms with Crippen molar-refractivity contribution in [3.8, 4) is 0 Å². The Balaban J connectivity index is 2.45. The molecule has 2 rings (SSSR count). The van der Waals surface area contributed by atoms with Crippen LogP contribution in [0.3, 0.4) is 0 Å². The zero-order valence-corrected chi connectivity index (χ0v) is 14.1. The monoisotopic (exact) mass is 346 g/mol. The average molecular weight is 346 g/mol. The number of carbonyl (C=O) groups is 2. The van der Waals surface area contributed by atoms with E-state index in [-0.39, 0.29) is 23.4 Å². The molecule has 0 saturated carbocycles. The number of benzene rings is 1. The molecule has 8 nitrogen and oxygen atoms in total. The summed E-state index contributed by atoms with van der Waals surface area (Å²) in [5, 5.41) is 13.9. The van der Waals surface area contributed by atoms with Crippen LogP contribution in [0.25, 0.3) is 0 Å². The molecule has 1 N–H and O–H groups in total. The zero-order chi connectivity index (χ0) is 18.6. The van der Waals surface area contributed by atoms with Crippen LogP contribution in [0.15, 0.2) is 47.2 Å². The molecule has 1 heterocycles. The first kappa shape index (κ1) is 18.2. The molecule has 1 atom stereocenters. The van der Waals surface area contributed by atoms with E-state index in [9.17, 15) is 19.7 Å². The van der Waals surface area contributed by atoms with Crippen molar-refractivity contribution < 1.29 is 24.0 Å². The number of nitro groups is 1. The van der Waals surface area contributed by atoms with E-state index in [0.717, 1.165) is 0 Å². The molecule has 132 valence electrons. The van der Waals surface area contributed by atoms with Gasteiger partial charge in [0.2, 0.25) is 0 Å². The van der Waals surface area contributed by atoms with E-state index in [1.807, 2.05) is 0 Å². The van der Waals surface area contributed by atoms with Gasteiger partial charge in [-0.1, -0.05) is 0 Å². The summed E-state index contributed by atoms with van der Waals surface area (Å²) in [4.78, 5) is 34.5. The molecule has 0 amide bonds. The fourth-order valence-electron chi connectivity index (χ4n) is 2.48. The van der Waals surface area contributed by atoms with E-state index < -0.39 is 22.9 Å². The highest BCUT2D eigenvalue weighted by atomic mass is 16.6. The van der Waals surface area contributed by atoms with Crippen LogP contribution in [-0.2, 0) is 19.1 Å². The first-order valence-corrected chi connectivity index (χ1v) is 7.57. The van der Waals surface area contributed by atoms with Crippen molar-refractivity contribution in [2.75, 3.05) is 13.7 Å². The SMILES string of the molecule is CCOC(=O)C1=CC(C(=O)OC)=C(C)NC1c1ccc([N+](=O)[O-])cc1. The van der Waals surface area contributed by atoms with Crippen LogP contribution in [0.1, 0.15) is 25.5 Å². The molecule has 1 unspecified atom stereocenters. The number of ether oxygens (including phenoxy) is 2. The van der Waals surface area contributed by atoms with Gasteiger partial charge in [0.1, 0.15) is 0 Å². The number of rotatable bonds is 5. The van der Waals surface area contributed by atoms with Gasteiger partial charge in [-0.2, -0.15) is 0 Å². The number of non-ortho nitro benzene ring substituents is 1. The van der Waals surface area contributed by atoms with Crippen LogP contribution in [0.2, 0.25) is 0 Å². The second-order valence-electron chi connectivity index (χ2n) is 5.28. The average Bonchev–Trinajstić information content (AvgIpc) is 2.61. The van der Waals surface area contributed by atoms with Crippen molar-refractivity contribution in [1.29, 1.82) is 0 Å². The molecule has 25 heavy (non-hydrogen) atoms. The number of nitro benzene ring substituents is 1. The minimum absolute atomic E-state index is 0.0521. The molecule has 1 aliphatic heterocycles. The molecular weight excluding hydrogens is 328 g/mol. The third kappa shape index (κ3) is 3.85. The van der Waals surface area contributed by atoms with Crippen molar-refractivity contribution in [2.45, 2.75) is 19.9 Å². The largest absolute Gasteiger partial charge is 0.465 e. The molecule has 0 spiro atoms. The molecule has 0 aliphatic carbocycles. The van der Waals surface area contributed by atoms with E-state index in [1.54, 1.807) is 26.0 Å². The maximum Gasteiger partial charge on any atom is 0.339 e. The lowest BCUT2D eigenvalue weighted by atomic mass is 9.92. The topological polar surface area (TPSA) is 108 Å². The zero-order valence-electron chi connectivity index (χ0n) is 14.1. The molecule has 0 aromatic heterocycles. The van der Waals surface area contributed by atoms with Gasteiger partial charge in [-0.3, -0.25) is 10.1 Å². The number of hydrogen-bond donors (Lipinski definition) is 1. The Kier molecular flexibility index (Phi) is 5.53. The summed E-state index contributed by atoms with van der Waals surface area (Å²) >= 11 is 0. The molecule has 1 aliphatic rings. The Morgan fingerprint density at radius 1 is 1.24 bits per heavy atom. The maximum absolute atomic E-state index is 12.3. The molecule has 1 aromatic rings. The van der Waals surface area contributed by atoms with Crippen molar-refractivity contribution >= 4 is 17.6 Å². The highest BCUT2D eigenvalue weighted by Gasteiger charge is 2.30. The smallest absolute Gasteiger partial charge is 0.339 e. The Labute approximate surface area is 144 Å². The highest BCUT2D eigenvalue weighted by Crippen LogP contribution is 2.31. The first-order valence-electron chi connectivity index (χ1n) is 7.57. The lowest BCUT2D eigenvalue weighted by Crippen LogP contribution is -2.31. The standard InChI is InChI=1S/C17H18N2O6/c1-4-25-17(21)14-9-13(16(20)24-3)10(2)18-15(14)11-5-7-12(8-6-11)19(22)23/h5-9,15,18H,4H2,1-3H3. The van der Waals surface area contributed by atoms with Crippen molar-refractivity contribution in [2.24, 2.45) is 0 Å². The van der Waals surface area contributed by atoms with Gasteiger partial charge in [-0.05, 0) is 37.6 Å². The van der Waals surface area contributed by atoms with Gasteiger partial charge in [-0.15, -0.1) is 0 Å². The number of carbonyl (C=O) groups excluding carboxylic acids is 2. The van der Waals surface area contributed by atoms with Crippen molar-refractivity contribution in [3.05, 3.63) is 62.9 Å². The third-order valence-electron chi connectivity index (χ3n) is 3.73. The predicted molar refractivity (Wildman–Crippen MR) is 88.4 cm³/mol. The Morgan fingerprint density at radius 3 is 2.40 bits per heavy atom. The van der Waals surface area contributed by atoms with Gasteiger partial charge in [-0.25, -0.2) is 9.59 Å². The van der Waals surface area contributed by atoms with Gasteiger partial charge in [0.25, 0.3) is 5.69 Å². The van der Waals surface area contributed by atoms with Gasteiger partial charge < -0.3 is 14.8 Å². The Bertz CT molecular complexity index is 764. The van der Waals surface area contributed by atoms with Crippen LogP contribution in [0, 0.1) is 10.1 Å². The number of allylic oxidation sites excluding steroid dienone is 1. The van der Waals surface area contributed by atoms with Crippen molar-refractivity contribution in [1.82, 2.24) is 5.32 Å². The molecule has 1 aromatic carbocycles. The molecule has 0 saturated heterocycles. The van der Waals surface area contributed by atoms with Crippen LogP contribution in [0.4, 0.5) is 5.69 Å². The molecule has 0 radical (unpaired) electrons. The second-order valence-corrected chi connectivity index (χ2v) is 5.28. The molecule has 0 bridgehead atoms. The minimum atomic E-state index is -0.590. The van der Waals surface area contributed by atoms with Gasteiger partial charge in [0, 0.05) is 17.8 Å². The summed E-state index contributed by atoms with van der Waals surface area (Å²) in [6.07, 6.45) is 1.43.